The number of nitrogens with one attached hydrogen (secondary N) is 1. The summed E-state index contributed by atoms with van der Waals surface area (Å²) in [4.78, 5) is 13.1. The van der Waals surface area contributed by atoms with Gasteiger partial charge in [0.05, 0.1) is 0 Å². The van der Waals surface area contributed by atoms with Gasteiger partial charge in [0, 0.05) is 17.4 Å². The van der Waals surface area contributed by atoms with E-state index >= 15 is 0 Å². The fourth-order valence-electron chi connectivity index (χ4n) is 2.26. The maximum absolute atomic E-state index is 11.8. The highest BCUT2D eigenvalue weighted by Crippen LogP contribution is 2.24. The quantitative estimate of drug-likeness (QED) is 0.830. The van der Waals surface area contributed by atoms with E-state index in [4.69, 9.17) is 0 Å². The predicted octanol–water partition coefficient (Wildman–Crippen LogP) is 3.21. The van der Waals surface area contributed by atoms with Crippen LogP contribution in [-0.4, -0.2) is 12.2 Å². The number of benzene rings is 1. The van der Waals surface area contributed by atoms with E-state index in [1.807, 2.05) is 0 Å². The summed E-state index contributed by atoms with van der Waals surface area (Å²) < 4.78 is 0. The molecule has 0 spiro atoms. The summed E-state index contributed by atoms with van der Waals surface area (Å²) in [7, 11) is 0. The molecule has 1 aliphatic carbocycles. The highest BCUT2D eigenvalue weighted by Gasteiger charge is 2.21. The Balaban J connectivity index is 1.82. The van der Waals surface area contributed by atoms with Crippen molar-refractivity contribution in [2.24, 2.45) is 5.92 Å². The Bertz CT molecular complexity index is 368. The van der Waals surface area contributed by atoms with E-state index in [1.54, 1.807) is 11.8 Å². The number of carbonyl (C=O) groups is 1. The lowest BCUT2D eigenvalue weighted by atomic mass is 10.1. The molecule has 17 heavy (non-hydrogen) atoms. The Morgan fingerprint density at radius 1 is 1.29 bits per heavy atom. The Labute approximate surface area is 107 Å². The highest BCUT2D eigenvalue weighted by atomic mass is 32.2. The van der Waals surface area contributed by atoms with E-state index in [1.165, 1.54) is 23.3 Å². The van der Waals surface area contributed by atoms with Gasteiger partial charge in [-0.25, -0.2) is 0 Å². The normalized spacial score (nSPS) is 16.1. The van der Waals surface area contributed by atoms with Crippen LogP contribution >= 0.6 is 11.8 Å². The van der Waals surface area contributed by atoms with Crippen molar-refractivity contribution in [3.63, 3.8) is 0 Å². The predicted molar refractivity (Wildman–Crippen MR) is 72.0 cm³/mol. The zero-order valence-corrected chi connectivity index (χ0v) is 11.1. The molecular weight excluding hydrogens is 230 g/mol. The maximum atomic E-state index is 11.8. The Morgan fingerprint density at radius 3 is 2.53 bits per heavy atom. The lowest BCUT2D eigenvalue weighted by Gasteiger charge is -2.10. The van der Waals surface area contributed by atoms with Crippen molar-refractivity contribution in [3.8, 4) is 0 Å². The minimum atomic E-state index is 0.233. The van der Waals surface area contributed by atoms with Crippen molar-refractivity contribution in [2.75, 3.05) is 6.26 Å². The fourth-order valence-corrected chi connectivity index (χ4v) is 2.67. The second-order valence-electron chi connectivity index (χ2n) is 4.55. The number of carbonyl (C=O) groups excluding carboxylic acids is 1. The Hall–Kier alpha value is -0.960. The molecule has 0 atom stereocenters. The molecule has 1 aromatic carbocycles. The van der Waals surface area contributed by atoms with Gasteiger partial charge >= 0.3 is 0 Å². The monoisotopic (exact) mass is 249 g/mol. The van der Waals surface area contributed by atoms with Crippen molar-refractivity contribution in [2.45, 2.75) is 37.1 Å². The van der Waals surface area contributed by atoms with Crippen LogP contribution in [0.4, 0.5) is 0 Å². The molecule has 0 aromatic heterocycles. The van der Waals surface area contributed by atoms with Crippen molar-refractivity contribution >= 4 is 17.7 Å². The molecule has 1 N–H and O–H groups in total. The first-order valence-electron chi connectivity index (χ1n) is 6.20. The van der Waals surface area contributed by atoms with E-state index in [2.05, 4.69) is 35.8 Å². The Morgan fingerprint density at radius 2 is 1.94 bits per heavy atom. The number of amides is 1. The molecular formula is C14H19NOS. The summed E-state index contributed by atoms with van der Waals surface area (Å²) in [5, 5.41) is 3.03. The van der Waals surface area contributed by atoms with Gasteiger partial charge in [-0.1, -0.05) is 25.0 Å². The highest BCUT2D eigenvalue weighted by molar-refractivity contribution is 7.98. The van der Waals surface area contributed by atoms with Crippen LogP contribution in [0.25, 0.3) is 0 Å². The van der Waals surface area contributed by atoms with Gasteiger partial charge in [0.15, 0.2) is 0 Å². The van der Waals surface area contributed by atoms with Crippen LogP contribution in [0.1, 0.15) is 31.2 Å². The fraction of sp³-hybridized carbons (Fsp3) is 0.500. The molecule has 2 nitrogen and oxygen atoms in total. The second-order valence-corrected chi connectivity index (χ2v) is 5.43. The molecule has 0 unspecified atom stereocenters. The SMILES string of the molecule is CSc1ccc(CNC(=O)C2CCCC2)cc1. The second kappa shape index (κ2) is 6.10. The molecule has 1 aromatic rings. The third-order valence-electron chi connectivity index (χ3n) is 3.35. The average Bonchev–Trinajstić information content (AvgIpc) is 2.90. The standard InChI is InChI=1S/C14H19NOS/c1-17-13-8-6-11(7-9-13)10-15-14(16)12-4-2-3-5-12/h6-9,12H,2-5,10H2,1H3,(H,15,16). The van der Waals surface area contributed by atoms with Crippen molar-refractivity contribution in [1.82, 2.24) is 5.32 Å². The molecule has 3 heteroatoms. The average molecular weight is 249 g/mol. The van der Waals surface area contributed by atoms with Gasteiger partial charge in [-0.2, -0.15) is 0 Å². The first-order chi connectivity index (χ1) is 8.29. The van der Waals surface area contributed by atoms with Crippen molar-refractivity contribution < 1.29 is 4.79 Å². The molecule has 1 amide bonds. The summed E-state index contributed by atoms with van der Waals surface area (Å²) in [6, 6.07) is 8.37. The summed E-state index contributed by atoms with van der Waals surface area (Å²) in [5.41, 5.74) is 1.18. The van der Waals surface area contributed by atoms with E-state index < -0.39 is 0 Å². The molecule has 0 aliphatic heterocycles. The van der Waals surface area contributed by atoms with Crippen LogP contribution in [0.3, 0.4) is 0 Å². The van der Waals surface area contributed by atoms with E-state index in [9.17, 15) is 4.79 Å². The first-order valence-corrected chi connectivity index (χ1v) is 7.42. The van der Waals surface area contributed by atoms with E-state index in [-0.39, 0.29) is 11.8 Å². The van der Waals surface area contributed by atoms with Gasteiger partial charge in [-0.05, 0) is 36.8 Å². The van der Waals surface area contributed by atoms with Crippen LogP contribution in [-0.2, 0) is 11.3 Å². The minimum absolute atomic E-state index is 0.233. The Kier molecular flexibility index (Phi) is 4.49. The smallest absolute Gasteiger partial charge is 0.223 e. The molecule has 92 valence electrons. The molecule has 0 bridgehead atoms. The molecule has 2 rings (SSSR count). The van der Waals surface area contributed by atoms with Crippen LogP contribution in [0.2, 0.25) is 0 Å². The van der Waals surface area contributed by atoms with Gasteiger partial charge in [-0.3, -0.25) is 4.79 Å². The topological polar surface area (TPSA) is 29.1 Å². The van der Waals surface area contributed by atoms with E-state index in [0.717, 1.165) is 12.8 Å². The summed E-state index contributed by atoms with van der Waals surface area (Å²) in [6.45, 7) is 0.657. The van der Waals surface area contributed by atoms with Crippen LogP contribution in [0.15, 0.2) is 29.2 Å². The number of hydrogen-bond acceptors (Lipinski definition) is 2. The number of thioether (sulfide) groups is 1. The van der Waals surface area contributed by atoms with E-state index in [0.29, 0.717) is 6.54 Å². The van der Waals surface area contributed by atoms with Gasteiger partial charge in [0.2, 0.25) is 5.91 Å². The lowest BCUT2D eigenvalue weighted by Crippen LogP contribution is -2.28. The zero-order chi connectivity index (χ0) is 12.1. The van der Waals surface area contributed by atoms with Gasteiger partial charge in [-0.15, -0.1) is 11.8 Å². The summed E-state index contributed by atoms with van der Waals surface area (Å²) in [6.07, 6.45) is 6.62. The van der Waals surface area contributed by atoms with Crippen molar-refractivity contribution in [3.05, 3.63) is 29.8 Å². The van der Waals surface area contributed by atoms with Crippen LogP contribution in [0.5, 0.6) is 0 Å². The third-order valence-corrected chi connectivity index (χ3v) is 4.10. The third kappa shape index (κ3) is 3.50. The molecule has 0 radical (unpaired) electrons. The zero-order valence-electron chi connectivity index (χ0n) is 10.2. The summed E-state index contributed by atoms with van der Waals surface area (Å²) >= 11 is 1.73. The first kappa shape index (κ1) is 12.5. The molecule has 0 heterocycles. The van der Waals surface area contributed by atoms with Gasteiger partial charge in [0.25, 0.3) is 0 Å². The molecule has 1 aliphatic rings. The molecule has 1 saturated carbocycles. The number of rotatable bonds is 4. The summed E-state index contributed by atoms with van der Waals surface area (Å²) in [5.74, 6) is 0.497. The van der Waals surface area contributed by atoms with Gasteiger partial charge in [0.1, 0.15) is 0 Å². The maximum Gasteiger partial charge on any atom is 0.223 e. The lowest BCUT2D eigenvalue weighted by molar-refractivity contribution is -0.124. The van der Waals surface area contributed by atoms with Crippen LogP contribution in [0, 0.1) is 5.92 Å². The largest absolute Gasteiger partial charge is 0.352 e. The molecule has 0 saturated heterocycles. The number of hydrogen-bond donors (Lipinski definition) is 1. The molecule has 1 fully saturated rings. The minimum Gasteiger partial charge on any atom is -0.352 e. The van der Waals surface area contributed by atoms with Crippen LogP contribution < -0.4 is 5.32 Å². The van der Waals surface area contributed by atoms with Crippen molar-refractivity contribution in [1.29, 1.82) is 0 Å². The van der Waals surface area contributed by atoms with Gasteiger partial charge < -0.3 is 5.32 Å².